The third-order valence-electron chi connectivity index (χ3n) is 1.72. The minimum Gasteiger partial charge on any atom is -0.392 e. The van der Waals surface area contributed by atoms with Gasteiger partial charge >= 0.3 is 0 Å². The zero-order valence-electron chi connectivity index (χ0n) is 7.21. The van der Waals surface area contributed by atoms with Crippen LogP contribution in [0, 0.1) is 11.3 Å². The largest absolute Gasteiger partial charge is 0.392 e. The fourth-order valence-corrected chi connectivity index (χ4v) is 1.01. The highest BCUT2D eigenvalue weighted by Gasteiger charge is 2.01. The number of rotatable bonds is 6. The maximum absolute atomic E-state index is 9.13. The van der Waals surface area contributed by atoms with Crippen molar-refractivity contribution in [3.05, 3.63) is 0 Å². The second-order valence-electron chi connectivity index (χ2n) is 2.87. The molecule has 1 atom stereocenters. The molecule has 0 heterocycles. The molecule has 0 aromatic carbocycles. The molecule has 11 heavy (non-hydrogen) atoms. The highest BCUT2D eigenvalue weighted by molar-refractivity contribution is 4.74. The lowest BCUT2D eigenvalue weighted by atomic mass is 10.1. The van der Waals surface area contributed by atoms with E-state index in [0.717, 1.165) is 12.8 Å². The van der Waals surface area contributed by atoms with Gasteiger partial charge in [0.05, 0.1) is 18.6 Å². The molecule has 0 aliphatic rings. The summed E-state index contributed by atoms with van der Waals surface area (Å²) in [4.78, 5) is 0. The Bertz CT molecular complexity index is 117. The van der Waals surface area contributed by atoms with Gasteiger partial charge < -0.3 is 5.11 Å². The molecular formula is C9H17NO. The fraction of sp³-hybridized carbons (Fsp3) is 0.889. The van der Waals surface area contributed by atoms with Crippen LogP contribution in [-0.4, -0.2) is 11.2 Å². The summed E-state index contributed by atoms with van der Waals surface area (Å²) in [6.07, 6.45) is 5.36. The van der Waals surface area contributed by atoms with E-state index in [2.05, 4.69) is 6.92 Å². The van der Waals surface area contributed by atoms with Crippen LogP contribution >= 0.6 is 0 Å². The minimum atomic E-state index is -0.392. The Morgan fingerprint density at radius 3 is 2.64 bits per heavy atom. The first kappa shape index (κ1) is 10.4. The predicted octanol–water partition coefficient (Wildman–Crippen LogP) is 2.23. The Hall–Kier alpha value is -0.550. The third-order valence-corrected chi connectivity index (χ3v) is 1.72. The van der Waals surface area contributed by atoms with Gasteiger partial charge in [0, 0.05) is 0 Å². The lowest BCUT2D eigenvalue weighted by molar-refractivity contribution is 0.165. The van der Waals surface area contributed by atoms with Crippen molar-refractivity contribution >= 4 is 0 Å². The number of aliphatic hydroxyl groups is 1. The molecule has 0 aromatic rings. The highest BCUT2D eigenvalue weighted by Crippen LogP contribution is 2.06. The van der Waals surface area contributed by atoms with Crippen LogP contribution < -0.4 is 0 Å². The smallest absolute Gasteiger partial charge is 0.0670 e. The first-order chi connectivity index (χ1) is 5.31. The standard InChI is InChI=1S/C9H17NO/c1-2-3-4-5-6-9(11)7-8-10/h9,11H,2-7H2,1H3/t9-/m1/s1. The Morgan fingerprint density at radius 2 is 2.09 bits per heavy atom. The van der Waals surface area contributed by atoms with E-state index in [0.29, 0.717) is 0 Å². The van der Waals surface area contributed by atoms with E-state index >= 15 is 0 Å². The first-order valence-electron chi connectivity index (χ1n) is 4.36. The molecule has 2 nitrogen and oxygen atoms in total. The lowest BCUT2D eigenvalue weighted by Crippen LogP contribution is -2.04. The molecule has 0 unspecified atom stereocenters. The second kappa shape index (κ2) is 7.56. The average Bonchev–Trinajstić information content (AvgIpc) is 1.99. The molecule has 0 aliphatic heterocycles. The van der Waals surface area contributed by atoms with Gasteiger partial charge in [0.1, 0.15) is 0 Å². The summed E-state index contributed by atoms with van der Waals surface area (Å²) in [5, 5.41) is 17.4. The van der Waals surface area contributed by atoms with E-state index in [-0.39, 0.29) is 6.42 Å². The fourth-order valence-electron chi connectivity index (χ4n) is 1.01. The molecule has 0 fully saturated rings. The summed E-state index contributed by atoms with van der Waals surface area (Å²) in [5.74, 6) is 0. The number of hydrogen-bond acceptors (Lipinski definition) is 2. The van der Waals surface area contributed by atoms with E-state index in [9.17, 15) is 0 Å². The van der Waals surface area contributed by atoms with Gasteiger partial charge in [-0.05, 0) is 6.42 Å². The number of aliphatic hydroxyl groups excluding tert-OH is 1. The summed E-state index contributed by atoms with van der Waals surface area (Å²) in [6, 6.07) is 1.96. The van der Waals surface area contributed by atoms with E-state index in [1.54, 1.807) is 0 Å². The van der Waals surface area contributed by atoms with Gasteiger partial charge in [0.2, 0.25) is 0 Å². The molecule has 1 N–H and O–H groups in total. The number of unbranched alkanes of at least 4 members (excludes halogenated alkanes) is 3. The topological polar surface area (TPSA) is 44.0 Å². The predicted molar refractivity (Wildman–Crippen MR) is 45.0 cm³/mol. The van der Waals surface area contributed by atoms with Gasteiger partial charge in [0.25, 0.3) is 0 Å². The van der Waals surface area contributed by atoms with Crippen LogP contribution in [0.5, 0.6) is 0 Å². The van der Waals surface area contributed by atoms with Crippen molar-refractivity contribution in [3.63, 3.8) is 0 Å². The summed E-state index contributed by atoms with van der Waals surface area (Å²) < 4.78 is 0. The molecule has 64 valence electrons. The number of nitrogens with zero attached hydrogens (tertiary/aromatic N) is 1. The van der Waals surface area contributed by atoms with E-state index in [4.69, 9.17) is 10.4 Å². The molecule has 0 saturated heterocycles. The maximum Gasteiger partial charge on any atom is 0.0670 e. The number of hydrogen-bond donors (Lipinski definition) is 1. The van der Waals surface area contributed by atoms with Crippen LogP contribution in [0.2, 0.25) is 0 Å². The lowest BCUT2D eigenvalue weighted by Gasteiger charge is -2.04. The Morgan fingerprint density at radius 1 is 1.36 bits per heavy atom. The van der Waals surface area contributed by atoms with Gasteiger partial charge in [-0.15, -0.1) is 0 Å². The molecular weight excluding hydrogens is 138 g/mol. The van der Waals surface area contributed by atoms with Gasteiger partial charge in [-0.1, -0.05) is 32.6 Å². The Balaban J connectivity index is 3.05. The summed E-state index contributed by atoms with van der Waals surface area (Å²) in [5.41, 5.74) is 0. The van der Waals surface area contributed by atoms with Crippen LogP contribution in [-0.2, 0) is 0 Å². The van der Waals surface area contributed by atoms with Gasteiger partial charge in [-0.2, -0.15) is 5.26 Å². The molecule has 0 saturated carbocycles. The average molecular weight is 155 g/mol. The molecule has 0 aromatic heterocycles. The van der Waals surface area contributed by atoms with Gasteiger partial charge in [0.15, 0.2) is 0 Å². The maximum atomic E-state index is 9.13. The zero-order valence-corrected chi connectivity index (χ0v) is 7.21. The molecule has 0 amide bonds. The van der Waals surface area contributed by atoms with Crippen LogP contribution in [0.1, 0.15) is 45.4 Å². The van der Waals surface area contributed by atoms with Crippen LogP contribution in [0.25, 0.3) is 0 Å². The van der Waals surface area contributed by atoms with E-state index in [1.165, 1.54) is 19.3 Å². The van der Waals surface area contributed by atoms with Crippen molar-refractivity contribution in [2.24, 2.45) is 0 Å². The van der Waals surface area contributed by atoms with Gasteiger partial charge in [-0.3, -0.25) is 0 Å². The molecule has 2 heteroatoms. The van der Waals surface area contributed by atoms with Crippen molar-refractivity contribution in [1.82, 2.24) is 0 Å². The molecule has 0 spiro atoms. The molecule has 0 bridgehead atoms. The van der Waals surface area contributed by atoms with Crippen molar-refractivity contribution < 1.29 is 5.11 Å². The number of nitriles is 1. The van der Waals surface area contributed by atoms with Crippen LogP contribution in [0.15, 0.2) is 0 Å². The van der Waals surface area contributed by atoms with Gasteiger partial charge in [-0.25, -0.2) is 0 Å². The van der Waals surface area contributed by atoms with E-state index < -0.39 is 6.10 Å². The Labute approximate surface area is 68.8 Å². The molecule has 0 radical (unpaired) electrons. The second-order valence-corrected chi connectivity index (χ2v) is 2.87. The molecule has 0 aliphatic carbocycles. The highest BCUT2D eigenvalue weighted by atomic mass is 16.3. The third kappa shape index (κ3) is 7.35. The summed E-state index contributed by atoms with van der Waals surface area (Å²) in [6.45, 7) is 2.16. The zero-order chi connectivity index (χ0) is 8.53. The van der Waals surface area contributed by atoms with Crippen molar-refractivity contribution in [1.29, 1.82) is 5.26 Å². The van der Waals surface area contributed by atoms with Crippen LogP contribution in [0.3, 0.4) is 0 Å². The summed E-state index contributed by atoms with van der Waals surface area (Å²) >= 11 is 0. The quantitative estimate of drug-likeness (QED) is 0.598. The molecule has 0 rings (SSSR count). The van der Waals surface area contributed by atoms with Crippen LogP contribution in [0.4, 0.5) is 0 Å². The van der Waals surface area contributed by atoms with Crippen molar-refractivity contribution in [2.75, 3.05) is 0 Å². The Kier molecular flexibility index (Phi) is 7.18. The monoisotopic (exact) mass is 155 g/mol. The first-order valence-corrected chi connectivity index (χ1v) is 4.36. The van der Waals surface area contributed by atoms with Crippen molar-refractivity contribution in [2.45, 2.75) is 51.6 Å². The minimum absolute atomic E-state index is 0.284. The SMILES string of the molecule is CCCCCC[C@@H](O)CC#N. The normalized spacial score (nSPS) is 12.5. The van der Waals surface area contributed by atoms with Crippen molar-refractivity contribution in [3.8, 4) is 6.07 Å². The summed E-state index contributed by atoms with van der Waals surface area (Å²) in [7, 11) is 0. The van der Waals surface area contributed by atoms with E-state index in [1.807, 2.05) is 6.07 Å².